The van der Waals surface area contributed by atoms with Crippen LogP contribution in [0.5, 0.6) is 17.4 Å². The van der Waals surface area contributed by atoms with E-state index >= 15 is 0 Å². The van der Waals surface area contributed by atoms with Crippen LogP contribution in [0.2, 0.25) is 0 Å². The van der Waals surface area contributed by atoms with Crippen molar-refractivity contribution in [2.75, 3.05) is 26.7 Å². The highest BCUT2D eigenvalue weighted by Gasteiger charge is 2.63. The Bertz CT molecular complexity index is 2110. The molecular formula is C42H58N6O9S. The van der Waals surface area contributed by atoms with Crippen LogP contribution in [0, 0.1) is 18.3 Å². The van der Waals surface area contributed by atoms with Gasteiger partial charge in [-0.25, -0.2) is 18.2 Å². The van der Waals surface area contributed by atoms with Gasteiger partial charge in [0.1, 0.15) is 35.2 Å². The van der Waals surface area contributed by atoms with Gasteiger partial charge in [0.05, 0.1) is 30.0 Å². The summed E-state index contributed by atoms with van der Waals surface area (Å²) in [6.45, 7) is 12.6. The highest BCUT2D eigenvalue weighted by molar-refractivity contribution is 7.91. The molecule has 2 saturated heterocycles. The van der Waals surface area contributed by atoms with Gasteiger partial charge in [0.25, 0.3) is 5.91 Å². The number of hydrogen-bond acceptors (Lipinski definition) is 10. The van der Waals surface area contributed by atoms with Crippen molar-refractivity contribution in [1.82, 2.24) is 30.1 Å². The monoisotopic (exact) mass is 822 g/mol. The van der Waals surface area contributed by atoms with E-state index in [1.807, 2.05) is 45.1 Å². The summed E-state index contributed by atoms with van der Waals surface area (Å²) in [4.78, 5) is 64.7. The standard InChI is InChI=1S/C42H58N6O9S/c1-25(2)56-34-20-33(29-15-16-32(55-7)26(3)35(29)44-34)57-28-19-31-36(49)45-42(38(51)46-58(53,54)41(6)17-18-41)21-27(42)13-11-9-8-10-12-14-30(37(50)48(31)22-28)43-39(52)47-23-40(4,5)24-47/h11,13,15-16,20,25,27-28,30-31H,8-10,12,14,17-19,21-24H2,1-7H3,(H,43,52)(H,45,49)(H,46,51). The number of amides is 5. The Morgan fingerprint density at radius 2 is 1.79 bits per heavy atom. The van der Waals surface area contributed by atoms with Gasteiger partial charge in [-0.3, -0.25) is 19.1 Å². The van der Waals surface area contributed by atoms with E-state index in [2.05, 4.69) is 29.2 Å². The third-order valence-corrected chi connectivity index (χ3v) is 14.5. The molecule has 16 heteroatoms. The molecule has 1 aromatic heterocycles. The van der Waals surface area contributed by atoms with Crippen LogP contribution < -0.4 is 29.6 Å². The van der Waals surface area contributed by atoms with E-state index < -0.39 is 62.1 Å². The van der Waals surface area contributed by atoms with Gasteiger partial charge in [-0.2, -0.15) is 0 Å². The molecule has 2 saturated carbocycles. The molecular weight excluding hydrogens is 765 g/mol. The predicted octanol–water partition coefficient (Wildman–Crippen LogP) is 4.50. The third-order valence-electron chi connectivity index (χ3n) is 12.3. The summed E-state index contributed by atoms with van der Waals surface area (Å²) >= 11 is 0. The summed E-state index contributed by atoms with van der Waals surface area (Å²) in [5.41, 5.74) is -0.134. The average Bonchev–Trinajstić information content (AvgIpc) is 4.02. The SMILES string of the molecule is COc1ccc2c(OC3CC4C(=O)NC5(C(=O)NS(=O)(=O)C6(C)CC6)CC5C=CCCCCCC(NC(=O)N5CC(C)(C)C5)C(=O)N4C3)cc(OC(C)C)nc2c1C. The fourth-order valence-electron chi connectivity index (χ4n) is 8.47. The Labute approximate surface area is 341 Å². The van der Waals surface area contributed by atoms with Crippen LogP contribution in [0.1, 0.15) is 98.0 Å². The lowest BCUT2D eigenvalue weighted by atomic mass is 9.85. The first-order valence-electron chi connectivity index (χ1n) is 20.6. The zero-order chi connectivity index (χ0) is 41.8. The molecule has 0 bridgehead atoms. The fraction of sp³-hybridized carbons (Fsp3) is 0.643. The van der Waals surface area contributed by atoms with Gasteiger partial charge in [-0.1, -0.05) is 38.8 Å². The van der Waals surface area contributed by atoms with E-state index in [0.29, 0.717) is 73.5 Å². The first kappa shape index (κ1) is 41.6. The quantitative estimate of drug-likeness (QED) is 0.304. The normalized spacial score (nSPS) is 27.9. The molecule has 7 rings (SSSR count). The number of likely N-dealkylation sites (tertiary alicyclic amines) is 1. The van der Waals surface area contributed by atoms with Crippen molar-refractivity contribution in [2.45, 2.75) is 134 Å². The van der Waals surface area contributed by atoms with E-state index in [1.54, 1.807) is 25.0 Å². The average molecular weight is 823 g/mol. The summed E-state index contributed by atoms with van der Waals surface area (Å²) in [6.07, 6.45) is 7.49. The molecule has 5 unspecified atom stereocenters. The Balaban J connectivity index is 1.22. The summed E-state index contributed by atoms with van der Waals surface area (Å²) in [6, 6.07) is 3.02. The number of allylic oxidation sites excluding steroid dienone is 1. The van der Waals surface area contributed by atoms with Crippen molar-refractivity contribution in [1.29, 1.82) is 0 Å². The number of carbonyl (C=O) groups excluding carboxylic acids is 4. The summed E-state index contributed by atoms with van der Waals surface area (Å²) in [5.74, 6) is -0.826. The van der Waals surface area contributed by atoms with Crippen molar-refractivity contribution in [3.8, 4) is 17.4 Å². The van der Waals surface area contributed by atoms with Crippen LogP contribution in [-0.4, -0.2) is 108 Å². The van der Waals surface area contributed by atoms with E-state index in [4.69, 9.17) is 19.2 Å². The van der Waals surface area contributed by atoms with E-state index in [9.17, 15) is 27.6 Å². The number of urea groups is 1. The molecule has 4 heterocycles. The molecule has 0 spiro atoms. The van der Waals surface area contributed by atoms with Crippen molar-refractivity contribution >= 4 is 44.7 Å². The molecule has 2 aliphatic carbocycles. The van der Waals surface area contributed by atoms with Crippen LogP contribution >= 0.6 is 0 Å². The number of ether oxygens (including phenoxy) is 3. The van der Waals surface area contributed by atoms with Gasteiger partial charge in [0.2, 0.25) is 27.7 Å². The second kappa shape index (κ2) is 15.5. The molecule has 5 aliphatic rings. The lowest BCUT2D eigenvalue weighted by molar-refractivity contribution is -0.141. The van der Waals surface area contributed by atoms with E-state index in [1.165, 1.54) is 4.90 Å². The lowest BCUT2D eigenvalue weighted by Crippen LogP contribution is -2.62. The maximum absolute atomic E-state index is 14.8. The molecule has 58 heavy (non-hydrogen) atoms. The number of sulfonamides is 1. The number of fused-ring (bicyclic) bond motifs is 3. The number of rotatable bonds is 9. The second-order valence-corrected chi connectivity index (χ2v) is 20.3. The van der Waals surface area contributed by atoms with Crippen molar-refractivity contribution in [2.24, 2.45) is 11.3 Å². The van der Waals surface area contributed by atoms with Gasteiger partial charge < -0.3 is 34.6 Å². The maximum Gasteiger partial charge on any atom is 0.318 e. The maximum atomic E-state index is 14.8. The first-order valence-corrected chi connectivity index (χ1v) is 22.1. The Hall–Kier alpha value is -4.60. The molecule has 0 radical (unpaired) electrons. The van der Waals surface area contributed by atoms with Crippen molar-refractivity contribution in [3.05, 3.63) is 35.9 Å². The van der Waals surface area contributed by atoms with Gasteiger partial charge in [0, 0.05) is 47.9 Å². The number of hydrogen-bond donors (Lipinski definition) is 3. The number of nitrogens with one attached hydrogen (secondary N) is 3. The van der Waals surface area contributed by atoms with Gasteiger partial charge in [-0.15, -0.1) is 0 Å². The van der Waals surface area contributed by atoms with Gasteiger partial charge in [0.15, 0.2) is 0 Å². The number of carbonyl (C=O) groups is 4. The molecule has 3 aliphatic heterocycles. The van der Waals surface area contributed by atoms with Crippen LogP contribution in [0.15, 0.2) is 30.4 Å². The molecule has 5 atom stereocenters. The van der Waals surface area contributed by atoms with Crippen molar-refractivity contribution < 1.29 is 41.8 Å². The van der Waals surface area contributed by atoms with Crippen LogP contribution in [0.4, 0.5) is 4.79 Å². The zero-order valence-electron chi connectivity index (χ0n) is 34.7. The number of methoxy groups -OCH3 is 1. The van der Waals surface area contributed by atoms with E-state index in [-0.39, 0.29) is 36.9 Å². The molecule has 1 aromatic carbocycles. The summed E-state index contributed by atoms with van der Waals surface area (Å²) < 4.78 is 46.0. The van der Waals surface area contributed by atoms with Crippen LogP contribution in [0.3, 0.4) is 0 Å². The highest BCUT2D eigenvalue weighted by Crippen LogP contribution is 2.48. The largest absolute Gasteiger partial charge is 0.496 e. The minimum Gasteiger partial charge on any atom is -0.496 e. The second-order valence-electron chi connectivity index (χ2n) is 18.1. The summed E-state index contributed by atoms with van der Waals surface area (Å²) in [5, 5.41) is 6.61. The lowest BCUT2D eigenvalue weighted by Gasteiger charge is -2.46. The van der Waals surface area contributed by atoms with Crippen molar-refractivity contribution in [3.63, 3.8) is 0 Å². The Morgan fingerprint density at radius 1 is 1.05 bits per heavy atom. The number of aromatic nitrogens is 1. The van der Waals surface area contributed by atoms with E-state index in [0.717, 1.165) is 18.4 Å². The highest BCUT2D eigenvalue weighted by atomic mass is 32.2. The molecule has 316 valence electrons. The van der Waals surface area contributed by atoms with Crippen LogP contribution in [-0.2, 0) is 24.4 Å². The zero-order valence-corrected chi connectivity index (χ0v) is 35.5. The minimum atomic E-state index is -3.99. The Kier molecular flexibility index (Phi) is 11.1. The Morgan fingerprint density at radius 3 is 2.47 bits per heavy atom. The van der Waals surface area contributed by atoms with Gasteiger partial charge >= 0.3 is 6.03 Å². The third kappa shape index (κ3) is 8.30. The number of pyridine rings is 1. The number of nitrogens with zero attached hydrogens (tertiary/aromatic N) is 3. The van der Waals surface area contributed by atoms with Gasteiger partial charge in [-0.05, 0) is 78.4 Å². The predicted molar refractivity (Wildman–Crippen MR) is 217 cm³/mol. The smallest absolute Gasteiger partial charge is 0.318 e. The number of aryl methyl sites for hydroxylation is 1. The number of benzene rings is 1. The fourth-order valence-corrected chi connectivity index (χ4v) is 9.79. The molecule has 15 nitrogen and oxygen atoms in total. The molecule has 2 aromatic rings. The molecule has 3 N–H and O–H groups in total. The minimum absolute atomic E-state index is 0.00855. The molecule has 5 amide bonds. The topological polar surface area (TPSA) is 186 Å². The van der Waals surface area contributed by atoms with Crippen LogP contribution in [0.25, 0.3) is 10.9 Å². The summed E-state index contributed by atoms with van der Waals surface area (Å²) in [7, 11) is -2.41. The molecule has 4 fully saturated rings. The first-order chi connectivity index (χ1) is 27.3.